The van der Waals surface area contributed by atoms with E-state index >= 15 is 0 Å². The molecule has 0 unspecified atom stereocenters. The molecule has 1 aromatic rings. The predicted octanol–water partition coefficient (Wildman–Crippen LogP) is 3.00. The molecule has 100 valence electrons. The van der Waals surface area contributed by atoms with E-state index in [2.05, 4.69) is 5.32 Å². The quantitative estimate of drug-likeness (QED) is 0.377. The van der Waals surface area contributed by atoms with Crippen LogP contribution in [-0.4, -0.2) is 11.0 Å². The van der Waals surface area contributed by atoms with Crippen LogP contribution in [-0.2, 0) is 11.0 Å². The van der Waals surface area contributed by atoms with Crippen LogP contribution in [0.2, 0.25) is 0 Å². The van der Waals surface area contributed by atoms with E-state index < -0.39 is 29.0 Å². The molecule has 0 radical (unpaired) electrons. The number of rotatable bonds is 2. The molecule has 0 aromatic heterocycles. The van der Waals surface area contributed by atoms with Gasteiger partial charge in [0.25, 0.3) is 5.91 Å². The monoisotopic (exact) mass is 274 g/mol. The third-order valence-electron chi connectivity index (χ3n) is 2.17. The van der Waals surface area contributed by atoms with Crippen LogP contribution in [0.4, 0.5) is 18.9 Å². The van der Waals surface area contributed by atoms with E-state index in [0.717, 1.165) is 31.2 Å². The Morgan fingerprint density at radius 1 is 1.32 bits per heavy atom. The number of nitriles is 1. The van der Waals surface area contributed by atoms with Crippen molar-refractivity contribution in [3.05, 3.63) is 41.2 Å². The summed E-state index contributed by atoms with van der Waals surface area (Å²) in [5.41, 5.74) is -1.26. The molecule has 2 N–H and O–H groups in total. The molecule has 1 amide bonds. The molecule has 1 aromatic carbocycles. The molecular formula is C12H9F3N2O2. The maximum Gasteiger partial charge on any atom is 0.416 e. The maximum absolute atomic E-state index is 12.3. The van der Waals surface area contributed by atoms with Gasteiger partial charge in [0, 0.05) is 5.69 Å². The lowest BCUT2D eigenvalue weighted by Crippen LogP contribution is -2.15. The first-order chi connectivity index (χ1) is 8.75. The van der Waals surface area contributed by atoms with Gasteiger partial charge in [-0.05, 0) is 31.2 Å². The van der Waals surface area contributed by atoms with Crippen molar-refractivity contribution in [3.8, 4) is 6.07 Å². The van der Waals surface area contributed by atoms with Crippen molar-refractivity contribution in [3.63, 3.8) is 0 Å². The molecule has 1 rings (SSSR count). The largest absolute Gasteiger partial charge is 0.511 e. The molecule has 0 saturated carbocycles. The fourth-order valence-corrected chi connectivity index (χ4v) is 1.23. The average Bonchev–Trinajstić information content (AvgIpc) is 2.28. The van der Waals surface area contributed by atoms with Crippen molar-refractivity contribution in [2.75, 3.05) is 5.32 Å². The van der Waals surface area contributed by atoms with Crippen LogP contribution in [0.5, 0.6) is 0 Å². The number of aliphatic hydroxyl groups excluding tert-OH is 1. The van der Waals surface area contributed by atoms with Crippen molar-refractivity contribution in [2.24, 2.45) is 0 Å². The zero-order chi connectivity index (χ0) is 14.6. The Bertz CT molecular complexity index is 550. The van der Waals surface area contributed by atoms with Gasteiger partial charge in [0.1, 0.15) is 11.8 Å². The summed E-state index contributed by atoms with van der Waals surface area (Å²) in [4.78, 5) is 11.5. The van der Waals surface area contributed by atoms with E-state index in [1.54, 1.807) is 0 Å². The number of alkyl halides is 3. The molecule has 4 nitrogen and oxygen atoms in total. The van der Waals surface area contributed by atoms with Crippen LogP contribution in [0.15, 0.2) is 35.6 Å². The Balaban J connectivity index is 2.89. The number of carbonyl (C=O) groups is 1. The standard InChI is InChI=1S/C12H9F3N2O2/c1-7(18)10(6-16)11(19)17-9-4-2-8(3-5-9)12(13,14)15/h2-5,18H,1H3,(H,17,19)/b10-7+/i1+1,7+1,10+1,11+1. The highest BCUT2D eigenvalue weighted by Gasteiger charge is 2.30. The molecule has 7 heteroatoms. The topological polar surface area (TPSA) is 73.1 Å². The number of halogens is 3. The Morgan fingerprint density at radius 2 is 1.84 bits per heavy atom. The number of amides is 1. The molecule has 0 saturated heterocycles. The van der Waals surface area contributed by atoms with Gasteiger partial charge in [-0.2, -0.15) is 18.4 Å². The number of anilines is 1. The normalized spacial score (nSPS) is 12.4. The van der Waals surface area contributed by atoms with E-state index in [1.807, 2.05) is 0 Å². The van der Waals surface area contributed by atoms with E-state index in [1.165, 1.54) is 6.07 Å². The second kappa shape index (κ2) is 5.44. The van der Waals surface area contributed by atoms with Crippen LogP contribution in [0.1, 0.15) is 12.5 Å². The Kier molecular flexibility index (Phi) is 4.17. The van der Waals surface area contributed by atoms with E-state index in [9.17, 15) is 18.0 Å². The molecule has 0 atom stereocenters. The number of benzene rings is 1. The van der Waals surface area contributed by atoms with Gasteiger partial charge in [0.15, 0.2) is 5.57 Å². The van der Waals surface area contributed by atoms with Gasteiger partial charge in [-0.3, -0.25) is 4.79 Å². The lowest BCUT2D eigenvalue weighted by molar-refractivity contribution is -0.137. The van der Waals surface area contributed by atoms with Crippen molar-refractivity contribution in [1.29, 1.82) is 5.26 Å². The molecule has 0 aliphatic rings. The molecule has 0 aliphatic heterocycles. The molecule has 0 spiro atoms. The minimum Gasteiger partial charge on any atom is -0.511 e. The van der Waals surface area contributed by atoms with Crippen LogP contribution in [0.3, 0.4) is 0 Å². The first-order valence-corrected chi connectivity index (χ1v) is 5.04. The second-order valence-electron chi connectivity index (χ2n) is 3.60. The molecule has 0 fully saturated rings. The lowest BCUT2D eigenvalue weighted by Gasteiger charge is -2.08. The van der Waals surface area contributed by atoms with Gasteiger partial charge in [-0.25, -0.2) is 0 Å². The number of aliphatic hydroxyl groups is 1. The number of hydrogen-bond acceptors (Lipinski definition) is 3. The van der Waals surface area contributed by atoms with Crippen molar-refractivity contribution in [2.45, 2.75) is 13.1 Å². The summed E-state index contributed by atoms with van der Waals surface area (Å²) < 4.78 is 36.9. The highest BCUT2D eigenvalue weighted by Crippen LogP contribution is 2.29. The summed E-state index contributed by atoms with van der Waals surface area (Å²) in [6.07, 6.45) is -4.46. The number of hydrogen-bond donors (Lipinski definition) is 2. The van der Waals surface area contributed by atoms with Crippen LogP contribution < -0.4 is 5.32 Å². The molecular weight excluding hydrogens is 265 g/mol. The zero-order valence-electron chi connectivity index (χ0n) is 9.75. The third-order valence-corrected chi connectivity index (χ3v) is 2.17. The maximum atomic E-state index is 12.3. The van der Waals surface area contributed by atoms with Gasteiger partial charge < -0.3 is 10.4 Å². The summed E-state index contributed by atoms with van der Waals surface area (Å²) >= 11 is 0. The first kappa shape index (κ1) is 14.6. The Labute approximate surface area is 106 Å². The van der Waals surface area contributed by atoms with Gasteiger partial charge in [0.05, 0.1) is 5.56 Å². The van der Waals surface area contributed by atoms with Crippen LogP contribution in [0.25, 0.3) is 0 Å². The summed E-state index contributed by atoms with van der Waals surface area (Å²) in [5, 5.41) is 19.9. The van der Waals surface area contributed by atoms with Crippen molar-refractivity contribution >= 4 is 11.6 Å². The summed E-state index contributed by atoms with van der Waals surface area (Å²) in [5.74, 6) is -1.35. The van der Waals surface area contributed by atoms with E-state index in [4.69, 9.17) is 10.4 Å². The molecule has 0 bridgehead atoms. The second-order valence-corrected chi connectivity index (χ2v) is 3.60. The minimum atomic E-state index is -4.46. The Morgan fingerprint density at radius 3 is 2.21 bits per heavy atom. The predicted molar refractivity (Wildman–Crippen MR) is 61.0 cm³/mol. The first-order valence-electron chi connectivity index (χ1n) is 5.04. The van der Waals surface area contributed by atoms with Crippen LogP contribution in [0, 0.1) is 11.3 Å². The highest BCUT2D eigenvalue weighted by atomic mass is 19.4. The van der Waals surface area contributed by atoms with E-state index in [-0.39, 0.29) is 5.69 Å². The SMILES string of the molecule is [13CH3]/[13C](O)=[13C](/C#N)[13C](=O)Nc1ccc(C(F)(F)F)cc1. The summed E-state index contributed by atoms with van der Waals surface area (Å²) in [6, 6.07) is 5.22. The number of allylic oxidation sites excluding steroid dienone is 1. The fraction of sp³-hybridized carbons (Fsp3) is 0.167. The minimum absolute atomic E-state index is 0.0898. The van der Waals surface area contributed by atoms with Gasteiger partial charge in [-0.1, -0.05) is 0 Å². The number of nitrogens with one attached hydrogen (secondary N) is 1. The third kappa shape index (κ3) is 3.74. The van der Waals surface area contributed by atoms with E-state index in [0.29, 0.717) is 0 Å². The zero-order valence-corrected chi connectivity index (χ0v) is 9.75. The smallest absolute Gasteiger partial charge is 0.416 e. The van der Waals surface area contributed by atoms with Crippen molar-refractivity contribution < 1.29 is 23.1 Å². The number of carbonyl (C=O) groups excluding carboxylic acids is 1. The molecule has 0 heterocycles. The van der Waals surface area contributed by atoms with Gasteiger partial charge in [0.2, 0.25) is 0 Å². The molecule has 19 heavy (non-hydrogen) atoms. The summed E-state index contributed by atoms with van der Waals surface area (Å²) in [6.45, 7) is 1.16. The summed E-state index contributed by atoms with van der Waals surface area (Å²) in [7, 11) is 0. The highest BCUT2D eigenvalue weighted by molar-refractivity contribution is 6.06. The Hall–Kier alpha value is -2.49. The average molecular weight is 274 g/mol. The van der Waals surface area contributed by atoms with Gasteiger partial charge >= 0.3 is 6.18 Å². The van der Waals surface area contributed by atoms with Gasteiger partial charge in [-0.15, -0.1) is 0 Å². The van der Waals surface area contributed by atoms with Crippen LogP contribution >= 0.6 is 0 Å². The lowest BCUT2D eigenvalue weighted by atomic mass is 10.2. The van der Waals surface area contributed by atoms with Crippen molar-refractivity contribution in [1.82, 2.24) is 0 Å². The number of nitrogens with zero attached hydrogens (tertiary/aromatic N) is 1. The molecule has 0 aliphatic carbocycles. The fourth-order valence-electron chi connectivity index (χ4n) is 1.23.